The molecule has 0 aliphatic rings. The van der Waals surface area contributed by atoms with Crippen LogP contribution in [0.4, 0.5) is 4.79 Å². The molecule has 12 heteroatoms. The van der Waals surface area contributed by atoms with Crippen LogP contribution in [0.2, 0.25) is 0 Å². The molecule has 0 bridgehead atoms. The number of hydrogen-bond acceptors (Lipinski definition) is 10. The summed E-state index contributed by atoms with van der Waals surface area (Å²) in [4.78, 5) is 17.9. The lowest BCUT2D eigenvalue weighted by Gasteiger charge is -2.35. The van der Waals surface area contributed by atoms with Crippen LogP contribution >= 0.6 is 7.60 Å². The molecule has 0 radical (unpaired) electrons. The Bertz CT molecular complexity index is 1200. The average Bonchev–Trinajstić information content (AvgIpc) is 2.99. The van der Waals surface area contributed by atoms with E-state index in [0.29, 0.717) is 11.3 Å². The molecular formula is C27H37N2O9P. The number of amides is 1. The van der Waals surface area contributed by atoms with E-state index in [4.69, 9.17) is 32.7 Å². The molecule has 0 saturated carbocycles. The fraction of sp³-hybridized carbons (Fsp3) is 0.407. The third-order valence-electron chi connectivity index (χ3n) is 5.74. The minimum Gasteiger partial charge on any atom is -0.497 e. The number of benzene rings is 2. The Morgan fingerprint density at radius 3 is 2.03 bits per heavy atom. The topological polar surface area (TPSA) is 115 Å². The maximum atomic E-state index is 13.3. The van der Waals surface area contributed by atoms with Crippen LogP contribution < -0.4 is 9.47 Å². The van der Waals surface area contributed by atoms with Crippen molar-refractivity contribution in [1.29, 1.82) is 0 Å². The minimum absolute atomic E-state index is 0.0563. The second-order valence-corrected chi connectivity index (χ2v) is 10.2. The van der Waals surface area contributed by atoms with Crippen molar-refractivity contribution in [2.45, 2.75) is 19.0 Å². The zero-order valence-electron chi connectivity index (χ0n) is 23.4. The van der Waals surface area contributed by atoms with Crippen molar-refractivity contribution >= 4 is 24.5 Å². The second kappa shape index (κ2) is 16.0. The lowest BCUT2D eigenvalue weighted by Crippen LogP contribution is -2.42. The molecule has 2 aromatic carbocycles. The molecule has 214 valence electrons. The first-order chi connectivity index (χ1) is 18.8. The molecule has 0 aliphatic heterocycles. The lowest BCUT2D eigenvalue weighted by molar-refractivity contribution is -0.115. The third kappa shape index (κ3) is 8.64. The van der Waals surface area contributed by atoms with Gasteiger partial charge < -0.3 is 32.7 Å². The zero-order valence-corrected chi connectivity index (χ0v) is 24.3. The van der Waals surface area contributed by atoms with Gasteiger partial charge in [0.05, 0.1) is 27.4 Å². The van der Waals surface area contributed by atoms with Gasteiger partial charge in [-0.2, -0.15) is 0 Å². The number of carbonyl (C=O) groups is 1. The van der Waals surface area contributed by atoms with Gasteiger partial charge in [-0.05, 0) is 54.3 Å². The Hall–Kier alpha value is -3.21. The summed E-state index contributed by atoms with van der Waals surface area (Å²) in [6, 6.07) is 14.6. The van der Waals surface area contributed by atoms with Crippen LogP contribution in [0.25, 0.3) is 10.8 Å². The number of aromatic nitrogens is 1. The Morgan fingerprint density at radius 2 is 1.49 bits per heavy atom. The number of ether oxygens (including phenoxy) is 5. The molecule has 39 heavy (non-hydrogen) atoms. The number of fused-ring (bicyclic) bond motifs is 1. The molecule has 0 spiro atoms. The van der Waals surface area contributed by atoms with E-state index in [9.17, 15) is 9.36 Å². The number of rotatable bonds is 12. The highest BCUT2D eigenvalue weighted by molar-refractivity contribution is 7.54. The molecule has 11 nitrogen and oxygen atoms in total. The molecule has 0 saturated heterocycles. The highest BCUT2D eigenvalue weighted by atomic mass is 31.2. The molecule has 0 fully saturated rings. The standard InChI is InChI=1S/C17H28NO8P.C10H9NO/c1-7-26-17(19)18(12-15(22-3)23-4)16(27(20,24-5)25-6)13-8-10-14(21-2)11-9-13;1-12-10-3-2-9-7-11-5-4-8(9)6-10/h8-11,15-16H,7,12H2,1-6H3;2-7H,1H3. The van der Waals surface area contributed by atoms with Crippen LogP contribution in [0.3, 0.4) is 0 Å². The smallest absolute Gasteiger partial charge is 0.411 e. The maximum absolute atomic E-state index is 13.3. The summed E-state index contributed by atoms with van der Waals surface area (Å²) in [7, 11) is 4.82. The molecule has 1 amide bonds. The van der Waals surface area contributed by atoms with Crippen molar-refractivity contribution in [2.75, 3.05) is 55.8 Å². The molecule has 0 N–H and O–H groups in total. The van der Waals surface area contributed by atoms with Crippen molar-refractivity contribution in [3.63, 3.8) is 0 Å². The molecule has 1 atom stereocenters. The van der Waals surface area contributed by atoms with Crippen molar-refractivity contribution < 1.29 is 42.1 Å². The molecule has 1 aromatic heterocycles. The molecule has 3 rings (SSSR count). The van der Waals surface area contributed by atoms with E-state index in [0.717, 1.165) is 16.5 Å². The third-order valence-corrected chi connectivity index (χ3v) is 7.93. The fourth-order valence-electron chi connectivity index (χ4n) is 3.66. The second-order valence-electron chi connectivity index (χ2n) is 7.89. The van der Waals surface area contributed by atoms with Gasteiger partial charge >= 0.3 is 13.7 Å². The predicted octanol–water partition coefficient (Wildman–Crippen LogP) is 5.50. The van der Waals surface area contributed by atoms with E-state index in [1.807, 2.05) is 30.5 Å². The van der Waals surface area contributed by atoms with Crippen LogP contribution in [-0.4, -0.2) is 78.1 Å². The normalized spacial score (nSPS) is 11.9. The first-order valence-electron chi connectivity index (χ1n) is 12.0. The zero-order chi connectivity index (χ0) is 28.8. The molecule has 1 unspecified atom stereocenters. The average molecular weight is 565 g/mol. The minimum atomic E-state index is -3.77. The molecule has 0 aliphatic carbocycles. The number of methoxy groups -OCH3 is 4. The van der Waals surface area contributed by atoms with E-state index in [1.54, 1.807) is 44.5 Å². The highest BCUT2D eigenvalue weighted by Crippen LogP contribution is 2.61. The van der Waals surface area contributed by atoms with Crippen LogP contribution in [-0.2, 0) is 27.8 Å². The Balaban J connectivity index is 0.000000364. The van der Waals surface area contributed by atoms with Crippen molar-refractivity contribution in [3.05, 3.63) is 66.5 Å². The Kier molecular flexibility index (Phi) is 13.1. The summed E-state index contributed by atoms with van der Waals surface area (Å²) in [5, 5.41) is 2.29. The van der Waals surface area contributed by atoms with E-state index in [2.05, 4.69) is 4.98 Å². The SMILES string of the molecule is CCOC(=O)N(CC(OC)OC)C(c1ccc(OC)cc1)P(=O)(OC)OC.COc1ccc2cnccc2c1. The summed E-state index contributed by atoms with van der Waals surface area (Å²) in [5.41, 5.74) is 0.516. The lowest BCUT2D eigenvalue weighted by atomic mass is 10.2. The number of pyridine rings is 1. The summed E-state index contributed by atoms with van der Waals surface area (Å²) in [6.45, 7) is 1.76. The quantitative estimate of drug-likeness (QED) is 0.206. The maximum Gasteiger partial charge on any atom is 0.411 e. The van der Waals surface area contributed by atoms with Gasteiger partial charge in [0.1, 0.15) is 11.5 Å². The molecule has 3 aromatic rings. The van der Waals surface area contributed by atoms with E-state index in [-0.39, 0.29) is 13.2 Å². The number of carbonyl (C=O) groups excluding carboxylic acids is 1. The summed E-state index contributed by atoms with van der Waals surface area (Å²) in [6.07, 6.45) is 2.15. The van der Waals surface area contributed by atoms with Crippen molar-refractivity contribution in [3.8, 4) is 11.5 Å². The van der Waals surface area contributed by atoms with E-state index < -0.39 is 25.8 Å². The fourth-order valence-corrected chi connectivity index (χ4v) is 5.27. The Labute approximate surface area is 229 Å². The van der Waals surface area contributed by atoms with Gasteiger partial charge in [-0.25, -0.2) is 4.79 Å². The van der Waals surface area contributed by atoms with Crippen molar-refractivity contribution in [2.24, 2.45) is 0 Å². The number of nitrogens with zero attached hydrogens (tertiary/aromatic N) is 2. The molecule has 1 heterocycles. The first kappa shape index (κ1) is 32.0. The van der Waals surface area contributed by atoms with Gasteiger partial charge in [-0.1, -0.05) is 12.1 Å². The summed E-state index contributed by atoms with van der Waals surface area (Å²) < 4.78 is 49.5. The van der Waals surface area contributed by atoms with E-state index >= 15 is 0 Å². The largest absolute Gasteiger partial charge is 0.497 e. The molecular weight excluding hydrogens is 527 g/mol. The van der Waals surface area contributed by atoms with Crippen LogP contribution in [0.1, 0.15) is 18.3 Å². The summed E-state index contributed by atoms with van der Waals surface area (Å²) in [5.74, 6) is 0.412. The van der Waals surface area contributed by atoms with Crippen LogP contribution in [0.5, 0.6) is 11.5 Å². The summed E-state index contributed by atoms with van der Waals surface area (Å²) >= 11 is 0. The van der Waals surface area contributed by atoms with E-state index in [1.165, 1.54) is 40.4 Å². The van der Waals surface area contributed by atoms with Gasteiger partial charge in [0.2, 0.25) is 0 Å². The van der Waals surface area contributed by atoms with Gasteiger partial charge in [-0.3, -0.25) is 14.4 Å². The number of hydrogen-bond donors (Lipinski definition) is 0. The van der Waals surface area contributed by atoms with Gasteiger partial charge in [0.25, 0.3) is 0 Å². The van der Waals surface area contributed by atoms with Crippen molar-refractivity contribution in [1.82, 2.24) is 9.88 Å². The monoisotopic (exact) mass is 564 g/mol. The van der Waals surface area contributed by atoms with Crippen LogP contribution in [0, 0.1) is 0 Å². The van der Waals surface area contributed by atoms with Crippen LogP contribution in [0.15, 0.2) is 60.9 Å². The van der Waals surface area contributed by atoms with Gasteiger partial charge in [0.15, 0.2) is 12.1 Å². The first-order valence-corrected chi connectivity index (χ1v) is 13.6. The predicted molar refractivity (Wildman–Crippen MR) is 147 cm³/mol. The highest BCUT2D eigenvalue weighted by Gasteiger charge is 2.44. The van der Waals surface area contributed by atoms with Gasteiger partial charge in [0, 0.05) is 46.2 Å². The van der Waals surface area contributed by atoms with Gasteiger partial charge in [-0.15, -0.1) is 0 Å². The Morgan fingerprint density at radius 1 is 0.872 bits per heavy atom.